The van der Waals surface area contributed by atoms with Crippen LogP contribution in [-0.4, -0.2) is 27.1 Å². The summed E-state index contributed by atoms with van der Waals surface area (Å²) in [6.45, 7) is 4.03. The van der Waals surface area contributed by atoms with Crippen molar-refractivity contribution in [2.75, 3.05) is 5.32 Å². The summed E-state index contributed by atoms with van der Waals surface area (Å²) in [6, 6.07) is 19.5. The highest BCUT2D eigenvalue weighted by Crippen LogP contribution is 2.29. The maximum Gasteiger partial charge on any atom is 0.573 e. The summed E-state index contributed by atoms with van der Waals surface area (Å²) in [5.41, 5.74) is 9.06. The third kappa shape index (κ3) is 5.45. The molecule has 3 aromatic carbocycles. The summed E-state index contributed by atoms with van der Waals surface area (Å²) >= 11 is 5.37. The third-order valence-corrected chi connectivity index (χ3v) is 6.19. The van der Waals surface area contributed by atoms with Gasteiger partial charge in [-0.05, 0) is 90.6 Å². The minimum atomic E-state index is -4.73. The first-order chi connectivity index (χ1) is 18.2. The smallest absolute Gasteiger partial charge is 0.406 e. The number of para-hydroxylation sites is 1. The van der Waals surface area contributed by atoms with Gasteiger partial charge in [0.1, 0.15) is 11.4 Å². The number of hydrazone groups is 1. The van der Waals surface area contributed by atoms with Gasteiger partial charge in [-0.25, -0.2) is 4.98 Å². The molecule has 0 atom stereocenters. The van der Waals surface area contributed by atoms with Crippen LogP contribution in [0.5, 0.6) is 5.75 Å². The molecule has 2 aromatic heterocycles. The van der Waals surface area contributed by atoms with Crippen LogP contribution in [0.15, 0.2) is 84.2 Å². The van der Waals surface area contributed by atoms with Gasteiger partial charge in [-0.3, -0.25) is 9.83 Å². The van der Waals surface area contributed by atoms with E-state index in [1.165, 1.54) is 12.1 Å². The molecular formula is C28H22F3N5OS. The number of hydrogen-bond acceptors (Lipinski definition) is 4. The van der Waals surface area contributed by atoms with Crippen LogP contribution in [0.2, 0.25) is 0 Å². The number of halogens is 3. The standard InChI is InChI=1S/C28H22F3N5OS/c1-17-4-3-5-18(2)25(17)34-27(38)35-33-15-19-6-11-23-21(14-19)12-13-36-24(16-32-26(23)36)20-7-9-22(10-8-20)37-28(29,30)31/h3-16H,1-2H3,(H2,34,35,38)/b33-15+. The summed E-state index contributed by atoms with van der Waals surface area (Å²) in [7, 11) is 0. The second kappa shape index (κ2) is 10.1. The number of anilines is 1. The van der Waals surface area contributed by atoms with Crippen molar-refractivity contribution in [2.45, 2.75) is 20.2 Å². The van der Waals surface area contributed by atoms with Crippen molar-refractivity contribution in [2.24, 2.45) is 5.10 Å². The van der Waals surface area contributed by atoms with Crippen LogP contribution in [0.3, 0.4) is 0 Å². The Kier molecular flexibility index (Phi) is 6.73. The van der Waals surface area contributed by atoms with Crippen LogP contribution >= 0.6 is 12.2 Å². The maximum atomic E-state index is 12.5. The Morgan fingerprint density at radius 1 is 1.03 bits per heavy atom. The number of pyridine rings is 1. The lowest BCUT2D eigenvalue weighted by Gasteiger charge is -2.12. The third-order valence-electron chi connectivity index (χ3n) is 6.00. The minimum absolute atomic E-state index is 0.272. The average Bonchev–Trinajstić information content (AvgIpc) is 3.30. The number of hydrogen-bond donors (Lipinski definition) is 2. The van der Waals surface area contributed by atoms with Gasteiger partial charge in [-0.1, -0.05) is 24.3 Å². The Hall–Kier alpha value is -4.44. The molecule has 0 fully saturated rings. The van der Waals surface area contributed by atoms with E-state index < -0.39 is 6.36 Å². The van der Waals surface area contributed by atoms with Crippen molar-refractivity contribution in [3.05, 3.63) is 95.8 Å². The molecule has 0 unspecified atom stereocenters. The van der Waals surface area contributed by atoms with Crippen LogP contribution in [0, 0.1) is 13.8 Å². The van der Waals surface area contributed by atoms with E-state index in [0.717, 1.165) is 44.5 Å². The zero-order valence-corrected chi connectivity index (χ0v) is 21.2. The predicted octanol–water partition coefficient (Wildman–Crippen LogP) is 6.99. The highest BCUT2D eigenvalue weighted by Gasteiger charge is 2.31. The van der Waals surface area contributed by atoms with Gasteiger partial charge >= 0.3 is 6.36 Å². The number of aryl methyl sites for hydroxylation is 2. The van der Waals surface area contributed by atoms with Crippen LogP contribution in [0.4, 0.5) is 18.9 Å². The zero-order chi connectivity index (χ0) is 26.9. The fourth-order valence-electron chi connectivity index (χ4n) is 4.23. The maximum absolute atomic E-state index is 12.5. The lowest BCUT2D eigenvalue weighted by Crippen LogP contribution is -2.24. The quantitative estimate of drug-likeness (QED) is 0.145. The predicted molar refractivity (Wildman–Crippen MR) is 148 cm³/mol. The minimum Gasteiger partial charge on any atom is -0.406 e. The molecule has 10 heteroatoms. The van der Waals surface area contributed by atoms with E-state index in [1.807, 2.05) is 66.9 Å². The number of rotatable bonds is 5. The zero-order valence-electron chi connectivity index (χ0n) is 20.4. The molecule has 2 N–H and O–H groups in total. The van der Waals surface area contributed by atoms with Gasteiger partial charge in [-0.2, -0.15) is 5.10 Å². The number of benzene rings is 3. The average molecular weight is 534 g/mol. The number of alkyl halides is 3. The van der Waals surface area contributed by atoms with Crippen molar-refractivity contribution >= 4 is 45.7 Å². The Bertz CT molecular complexity index is 1660. The Labute approximate surface area is 221 Å². The van der Waals surface area contributed by atoms with Gasteiger partial charge in [0, 0.05) is 22.8 Å². The molecule has 0 aliphatic carbocycles. The molecule has 0 aliphatic rings. The van der Waals surface area contributed by atoms with E-state index in [4.69, 9.17) is 12.2 Å². The highest BCUT2D eigenvalue weighted by molar-refractivity contribution is 7.80. The normalized spacial score (nSPS) is 11.8. The lowest BCUT2D eigenvalue weighted by molar-refractivity contribution is -0.274. The summed E-state index contributed by atoms with van der Waals surface area (Å²) in [6.07, 6.45) is 0.525. The number of imidazole rings is 1. The van der Waals surface area contributed by atoms with Gasteiger partial charge in [0.05, 0.1) is 18.1 Å². The van der Waals surface area contributed by atoms with E-state index in [2.05, 4.69) is 25.6 Å². The SMILES string of the molecule is Cc1cccc(C)c1NC(=S)N/N=C/c1ccc2c(ccn3c(-c4ccc(OC(F)(F)F)cc4)cnc23)c1. The monoisotopic (exact) mass is 533 g/mol. The molecule has 6 nitrogen and oxygen atoms in total. The number of nitrogens with one attached hydrogen (secondary N) is 2. The summed E-state index contributed by atoms with van der Waals surface area (Å²) in [4.78, 5) is 4.55. The largest absolute Gasteiger partial charge is 0.573 e. The van der Waals surface area contributed by atoms with Crippen LogP contribution in [0.25, 0.3) is 27.7 Å². The topological polar surface area (TPSA) is 63.0 Å². The molecule has 192 valence electrons. The second-order valence-electron chi connectivity index (χ2n) is 8.66. The van der Waals surface area contributed by atoms with Crippen molar-refractivity contribution in [1.82, 2.24) is 14.8 Å². The van der Waals surface area contributed by atoms with Crippen LogP contribution in [-0.2, 0) is 0 Å². The molecule has 0 bridgehead atoms. The molecule has 0 spiro atoms. The number of fused-ring (bicyclic) bond motifs is 3. The molecule has 0 radical (unpaired) electrons. The first kappa shape index (κ1) is 25.2. The number of thiocarbonyl (C=S) groups is 1. The summed E-state index contributed by atoms with van der Waals surface area (Å²) in [5.74, 6) is -0.272. The summed E-state index contributed by atoms with van der Waals surface area (Å²) < 4.78 is 43.2. The van der Waals surface area contributed by atoms with Crippen LogP contribution in [0.1, 0.15) is 16.7 Å². The van der Waals surface area contributed by atoms with Gasteiger partial charge in [0.15, 0.2) is 5.11 Å². The number of ether oxygens (including phenoxy) is 1. The molecule has 2 heterocycles. The molecule has 38 heavy (non-hydrogen) atoms. The Morgan fingerprint density at radius 3 is 2.47 bits per heavy atom. The van der Waals surface area contributed by atoms with Crippen molar-refractivity contribution in [3.8, 4) is 17.0 Å². The Balaban J connectivity index is 1.32. The van der Waals surface area contributed by atoms with Gasteiger partial charge in [0.2, 0.25) is 0 Å². The van der Waals surface area contributed by atoms with Gasteiger partial charge < -0.3 is 10.1 Å². The lowest BCUT2D eigenvalue weighted by atomic mass is 10.1. The van der Waals surface area contributed by atoms with E-state index >= 15 is 0 Å². The van der Waals surface area contributed by atoms with Crippen molar-refractivity contribution < 1.29 is 17.9 Å². The Morgan fingerprint density at radius 2 is 1.76 bits per heavy atom. The number of nitrogens with zero attached hydrogens (tertiary/aromatic N) is 3. The van der Waals surface area contributed by atoms with Gasteiger partial charge in [0.25, 0.3) is 0 Å². The van der Waals surface area contributed by atoms with Gasteiger partial charge in [-0.15, -0.1) is 13.2 Å². The van der Waals surface area contributed by atoms with Crippen LogP contribution < -0.4 is 15.5 Å². The second-order valence-corrected chi connectivity index (χ2v) is 9.07. The fourth-order valence-corrected chi connectivity index (χ4v) is 4.38. The first-order valence-electron chi connectivity index (χ1n) is 11.6. The number of aromatic nitrogens is 2. The van der Waals surface area contributed by atoms with Crippen molar-refractivity contribution in [3.63, 3.8) is 0 Å². The van der Waals surface area contributed by atoms with E-state index in [1.54, 1.807) is 24.5 Å². The molecule has 0 aliphatic heterocycles. The highest BCUT2D eigenvalue weighted by atomic mass is 32.1. The van der Waals surface area contributed by atoms with Crippen molar-refractivity contribution in [1.29, 1.82) is 0 Å². The molecule has 5 aromatic rings. The molecule has 0 amide bonds. The molecule has 5 rings (SSSR count). The molecular weight excluding hydrogens is 511 g/mol. The van der Waals surface area contributed by atoms with E-state index in [0.29, 0.717) is 10.7 Å². The summed E-state index contributed by atoms with van der Waals surface area (Å²) in [5, 5.41) is 9.72. The van der Waals surface area contributed by atoms with E-state index in [9.17, 15) is 13.2 Å². The molecule has 0 saturated heterocycles. The molecule has 0 saturated carbocycles. The fraction of sp³-hybridized carbons (Fsp3) is 0.107. The first-order valence-corrected chi connectivity index (χ1v) is 12.0. The van der Waals surface area contributed by atoms with E-state index in [-0.39, 0.29) is 5.75 Å².